The highest BCUT2D eigenvalue weighted by atomic mass is 15.2. The van der Waals surface area contributed by atoms with Crippen molar-refractivity contribution in [2.24, 2.45) is 0 Å². The molecule has 1 aliphatic carbocycles. The Labute approximate surface area is 326 Å². The molecule has 0 fully saturated rings. The van der Waals surface area contributed by atoms with Crippen LogP contribution in [0, 0.1) is 0 Å². The van der Waals surface area contributed by atoms with Gasteiger partial charge in [-0.3, -0.25) is 4.98 Å². The molecule has 11 rings (SSSR count). The highest BCUT2D eigenvalue weighted by molar-refractivity contribution is 6.09. The third kappa shape index (κ3) is 5.46. The third-order valence-corrected chi connectivity index (χ3v) is 11.8. The van der Waals surface area contributed by atoms with E-state index in [4.69, 9.17) is 4.98 Å². The molecule has 2 unspecified atom stereocenters. The van der Waals surface area contributed by atoms with Crippen molar-refractivity contribution in [1.29, 1.82) is 0 Å². The van der Waals surface area contributed by atoms with Gasteiger partial charge in [0, 0.05) is 64.3 Å². The summed E-state index contributed by atoms with van der Waals surface area (Å²) in [5.41, 5.74) is 16.2. The molecule has 0 saturated heterocycles. The summed E-state index contributed by atoms with van der Waals surface area (Å²) in [5, 5.41) is 5.80. The van der Waals surface area contributed by atoms with Gasteiger partial charge in [-0.15, -0.1) is 0 Å². The lowest BCUT2D eigenvalue weighted by atomic mass is 9.87. The number of rotatable bonds is 6. The second-order valence-corrected chi connectivity index (χ2v) is 15.0. The van der Waals surface area contributed by atoms with Crippen LogP contribution in [0.2, 0.25) is 0 Å². The molecule has 56 heavy (non-hydrogen) atoms. The van der Waals surface area contributed by atoms with Crippen LogP contribution in [-0.4, -0.2) is 27.1 Å². The van der Waals surface area contributed by atoms with Crippen molar-refractivity contribution in [2.75, 3.05) is 11.4 Å². The van der Waals surface area contributed by atoms with Crippen LogP contribution in [0.3, 0.4) is 0 Å². The zero-order valence-electron chi connectivity index (χ0n) is 30.9. The average molecular weight is 722 g/mol. The van der Waals surface area contributed by atoms with Crippen LogP contribution in [0.4, 0.5) is 11.4 Å². The number of pyridine rings is 2. The minimum atomic E-state index is 0.376. The third-order valence-electron chi connectivity index (χ3n) is 11.8. The van der Waals surface area contributed by atoms with Crippen LogP contribution in [-0.2, 0) is 0 Å². The normalized spacial score (nSPS) is 17.1. The molecule has 0 saturated carbocycles. The topological polar surface area (TPSA) is 46.0 Å². The molecule has 1 N–H and O–H groups in total. The Morgan fingerprint density at radius 2 is 1.29 bits per heavy atom. The summed E-state index contributed by atoms with van der Waals surface area (Å²) < 4.78 is 2.45. The summed E-state index contributed by atoms with van der Waals surface area (Å²) >= 11 is 0. The highest BCUT2D eigenvalue weighted by Gasteiger charge is 2.38. The van der Waals surface area contributed by atoms with Gasteiger partial charge in [-0.25, -0.2) is 4.98 Å². The predicted molar refractivity (Wildman–Crippen MR) is 231 cm³/mol. The number of hydrogen-bond donors (Lipinski definition) is 1. The van der Waals surface area contributed by atoms with Gasteiger partial charge in [-0.1, -0.05) is 97.1 Å². The van der Waals surface area contributed by atoms with Crippen LogP contribution < -0.4 is 10.2 Å². The Bertz CT molecular complexity index is 2830. The number of hydrogen-bond acceptors (Lipinski definition) is 4. The lowest BCUT2D eigenvalue weighted by Crippen LogP contribution is -2.31. The monoisotopic (exact) mass is 721 g/mol. The molecule has 5 heteroatoms. The van der Waals surface area contributed by atoms with Crippen molar-refractivity contribution in [3.8, 4) is 39.2 Å². The van der Waals surface area contributed by atoms with E-state index in [0.717, 1.165) is 58.7 Å². The Kier molecular flexibility index (Phi) is 7.76. The first-order valence-corrected chi connectivity index (χ1v) is 19.6. The van der Waals surface area contributed by atoms with Crippen molar-refractivity contribution in [3.63, 3.8) is 0 Å². The molecule has 0 amide bonds. The molecule has 8 aromatic rings. The fourth-order valence-corrected chi connectivity index (χ4v) is 9.16. The van der Waals surface area contributed by atoms with E-state index in [1.165, 1.54) is 49.9 Å². The number of benzene rings is 5. The SMILES string of the molecule is C1=CC2c3ccccc3N(c3cc(-c4ccc(-c5cc(C6=CCNC=C6)nc(-c6ccncc6)c5)cc4)cc(-n4c5ccccc5c5ccccc54)c3)C2CC1. The van der Waals surface area contributed by atoms with E-state index in [2.05, 4.69) is 171 Å². The van der Waals surface area contributed by atoms with Gasteiger partial charge >= 0.3 is 0 Å². The van der Waals surface area contributed by atoms with Crippen LogP contribution in [0.15, 0.2) is 182 Å². The van der Waals surface area contributed by atoms with Crippen molar-refractivity contribution in [3.05, 3.63) is 194 Å². The number of nitrogens with one attached hydrogen (secondary N) is 1. The first kappa shape index (κ1) is 32.5. The molecule has 268 valence electrons. The molecule has 0 bridgehead atoms. The maximum Gasteiger partial charge on any atom is 0.0716 e. The van der Waals surface area contributed by atoms with Crippen LogP contribution >= 0.6 is 0 Å². The molecule has 0 spiro atoms. The predicted octanol–water partition coefficient (Wildman–Crippen LogP) is 12.0. The number of anilines is 2. The Morgan fingerprint density at radius 1 is 0.607 bits per heavy atom. The fraction of sp³-hybridized carbons (Fsp3) is 0.0980. The second kappa shape index (κ2) is 13.4. The summed E-state index contributed by atoms with van der Waals surface area (Å²) in [4.78, 5) is 12.0. The summed E-state index contributed by atoms with van der Waals surface area (Å²) in [5.74, 6) is 0.387. The van der Waals surface area contributed by atoms with Crippen LogP contribution in [0.1, 0.15) is 30.0 Å². The van der Waals surface area contributed by atoms with E-state index in [9.17, 15) is 0 Å². The molecule has 0 radical (unpaired) electrons. The minimum absolute atomic E-state index is 0.376. The number of para-hydroxylation sites is 3. The van der Waals surface area contributed by atoms with Crippen molar-refractivity contribution >= 4 is 38.8 Å². The summed E-state index contributed by atoms with van der Waals surface area (Å²) in [6, 6.07) is 51.7. The Balaban J connectivity index is 1.07. The zero-order valence-corrected chi connectivity index (χ0v) is 30.9. The largest absolute Gasteiger partial charge is 0.387 e. The van der Waals surface area contributed by atoms with Gasteiger partial charge in [0.25, 0.3) is 0 Å². The average Bonchev–Trinajstić information content (AvgIpc) is 3.80. The lowest BCUT2D eigenvalue weighted by molar-refractivity contribution is 0.565. The van der Waals surface area contributed by atoms with Crippen LogP contribution in [0.5, 0.6) is 0 Å². The maximum absolute atomic E-state index is 5.10. The van der Waals surface area contributed by atoms with E-state index in [1.807, 2.05) is 30.7 Å². The number of fused-ring (bicyclic) bond motifs is 6. The van der Waals surface area contributed by atoms with Gasteiger partial charge in [0.1, 0.15) is 0 Å². The Hall–Kier alpha value is -6.98. The molecule has 5 nitrogen and oxygen atoms in total. The zero-order chi connectivity index (χ0) is 37.0. The van der Waals surface area contributed by atoms with Gasteiger partial charge in [0.2, 0.25) is 0 Å². The molecular weight excluding hydrogens is 683 g/mol. The van der Waals surface area contributed by atoms with E-state index in [0.29, 0.717) is 12.0 Å². The fourth-order valence-electron chi connectivity index (χ4n) is 9.16. The van der Waals surface area contributed by atoms with Crippen molar-refractivity contribution < 1.29 is 0 Å². The quantitative estimate of drug-likeness (QED) is 0.174. The smallest absolute Gasteiger partial charge is 0.0716 e. The highest BCUT2D eigenvalue weighted by Crippen LogP contribution is 2.50. The number of nitrogens with zero attached hydrogens (tertiary/aromatic N) is 4. The van der Waals surface area contributed by atoms with E-state index >= 15 is 0 Å². The van der Waals surface area contributed by atoms with Crippen LogP contribution in [0.25, 0.3) is 66.6 Å². The van der Waals surface area contributed by atoms with Crippen molar-refractivity contribution in [1.82, 2.24) is 19.9 Å². The van der Waals surface area contributed by atoms with E-state index in [1.54, 1.807) is 0 Å². The first-order valence-electron chi connectivity index (χ1n) is 19.6. The summed E-state index contributed by atoms with van der Waals surface area (Å²) in [6.07, 6.45) is 17.0. The summed E-state index contributed by atoms with van der Waals surface area (Å²) in [7, 11) is 0. The number of allylic oxidation sites excluding steroid dienone is 3. The molecule has 5 heterocycles. The van der Waals surface area contributed by atoms with Gasteiger partial charge in [-0.05, 0) is 119 Å². The minimum Gasteiger partial charge on any atom is -0.387 e. The molecule has 3 aliphatic rings. The van der Waals surface area contributed by atoms with Gasteiger partial charge < -0.3 is 14.8 Å². The lowest BCUT2D eigenvalue weighted by Gasteiger charge is -2.32. The number of aromatic nitrogens is 3. The maximum atomic E-state index is 5.10. The molecular formula is C51H39N5. The first-order chi connectivity index (χ1) is 27.8. The molecule has 2 atom stereocenters. The molecule has 3 aromatic heterocycles. The summed E-state index contributed by atoms with van der Waals surface area (Å²) in [6.45, 7) is 0.786. The van der Waals surface area contributed by atoms with E-state index in [-0.39, 0.29) is 0 Å². The van der Waals surface area contributed by atoms with Crippen molar-refractivity contribution in [2.45, 2.75) is 24.8 Å². The molecule has 2 aliphatic heterocycles. The standard InChI is InChI=1S/C51H39N5/c1-5-13-48-42(9-1)43-10-2-6-14-49(43)55(48)40-29-38(30-41(33-40)56-50-15-7-3-11-44(50)45-12-4-8-16-51(45)56)34-17-19-35(20-18-34)39-31-46(36-21-25-52-26-22-36)54-47(32-39)37-23-27-53-28-24-37/h1-7,9-15,17-27,29-33,45,51,53H,8,16,28H2. The molecule has 5 aromatic carbocycles. The number of dihydropyridines is 1. The van der Waals surface area contributed by atoms with Gasteiger partial charge in [-0.2, -0.15) is 0 Å². The van der Waals surface area contributed by atoms with E-state index < -0.39 is 0 Å². The second-order valence-electron chi connectivity index (χ2n) is 15.0. The van der Waals surface area contributed by atoms with Gasteiger partial charge in [0.15, 0.2) is 0 Å². The van der Waals surface area contributed by atoms with Gasteiger partial charge in [0.05, 0.1) is 22.4 Å². The Morgan fingerprint density at radius 3 is 2.04 bits per heavy atom.